The van der Waals surface area contributed by atoms with Gasteiger partial charge in [-0.3, -0.25) is 4.90 Å². The zero-order chi connectivity index (χ0) is 26.7. The van der Waals surface area contributed by atoms with Crippen LogP contribution in [0.5, 0.6) is 0 Å². The average molecular weight is 618 g/mol. The molecule has 190 valence electrons. The van der Waals surface area contributed by atoms with E-state index in [-0.39, 0.29) is 11.1 Å². The van der Waals surface area contributed by atoms with E-state index in [0.717, 1.165) is 14.6 Å². The van der Waals surface area contributed by atoms with Crippen LogP contribution < -0.4 is 4.90 Å². The van der Waals surface area contributed by atoms with Crippen LogP contribution in [0.2, 0.25) is 0 Å². The minimum Gasteiger partial charge on any atom is -0.310 e. The van der Waals surface area contributed by atoms with E-state index in [2.05, 4.69) is 169 Å². The molecule has 1 aliphatic heterocycles. The maximum absolute atomic E-state index is 3.63. The van der Waals surface area contributed by atoms with E-state index in [0.29, 0.717) is 0 Å². The highest BCUT2D eigenvalue weighted by molar-refractivity contribution is 9.10. The van der Waals surface area contributed by atoms with Gasteiger partial charge in [0, 0.05) is 37.1 Å². The van der Waals surface area contributed by atoms with Crippen LogP contribution in [0, 0.1) is 13.8 Å². The summed E-state index contributed by atoms with van der Waals surface area (Å²) in [6.07, 6.45) is 0. The Morgan fingerprint density at radius 3 is 1.59 bits per heavy atom. The number of benzene rings is 4. The van der Waals surface area contributed by atoms with Crippen molar-refractivity contribution in [3.8, 4) is 11.1 Å². The fourth-order valence-electron chi connectivity index (χ4n) is 5.77. The average Bonchev–Trinajstić information content (AvgIpc) is 2.99. The lowest BCUT2D eigenvalue weighted by atomic mass is 9.88. The molecule has 0 saturated carbocycles. The molecular formula is C33H34Br2N2. The lowest BCUT2D eigenvalue weighted by Gasteiger charge is -2.37. The second kappa shape index (κ2) is 9.41. The molecular weight excluding hydrogens is 584 g/mol. The minimum absolute atomic E-state index is 0.0101. The Hall–Kier alpha value is -2.40. The van der Waals surface area contributed by atoms with Crippen LogP contribution in [0.25, 0.3) is 11.1 Å². The maximum Gasteiger partial charge on any atom is 0.0491 e. The van der Waals surface area contributed by atoms with Crippen LogP contribution in [-0.4, -0.2) is 11.9 Å². The van der Waals surface area contributed by atoms with E-state index < -0.39 is 0 Å². The van der Waals surface area contributed by atoms with Gasteiger partial charge in [-0.15, -0.1) is 0 Å². The fourth-order valence-corrected chi connectivity index (χ4v) is 6.73. The highest BCUT2D eigenvalue weighted by atomic mass is 79.9. The molecule has 4 aromatic rings. The van der Waals surface area contributed by atoms with Crippen molar-refractivity contribution in [2.24, 2.45) is 0 Å². The van der Waals surface area contributed by atoms with E-state index in [4.69, 9.17) is 0 Å². The molecule has 0 aliphatic carbocycles. The molecule has 4 aromatic carbocycles. The number of nitrogens with zero attached hydrogens (tertiary/aromatic N) is 2. The molecule has 37 heavy (non-hydrogen) atoms. The van der Waals surface area contributed by atoms with Crippen molar-refractivity contribution in [2.75, 3.05) is 11.9 Å². The molecule has 1 heterocycles. The first-order valence-electron chi connectivity index (χ1n) is 12.7. The summed E-state index contributed by atoms with van der Waals surface area (Å²) in [5.74, 6) is 0. The summed E-state index contributed by atoms with van der Waals surface area (Å²) in [5, 5.41) is 0. The first-order chi connectivity index (χ1) is 17.4. The maximum atomic E-state index is 3.63. The van der Waals surface area contributed by atoms with Gasteiger partial charge >= 0.3 is 0 Å². The Bertz CT molecular complexity index is 1430. The molecule has 0 amide bonds. The molecule has 0 N–H and O–H groups in total. The van der Waals surface area contributed by atoms with Crippen LogP contribution >= 0.6 is 31.9 Å². The van der Waals surface area contributed by atoms with Gasteiger partial charge in [0.1, 0.15) is 0 Å². The van der Waals surface area contributed by atoms with Gasteiger partial charge in [-0.2, -0.15) is 0 Å². The second-order valence-corrected chi connectivity index (χ2v) is 13.0. The highest BCUT2D eigenvalue weighted by Crippen LogP contribution is 2.49. The number of hydrogen-bond donors (Lipinski definition) is 0. The minimum atomic E-state index is -0.0101. The number of halogens is 2. The number of hydrogen-bond acceptors (Lipinski definition) is 2. The van der Waals surface area contributed by atoms with Gasteiger partial charge in [0.25, 0.3) is 0 Å². The Kier molecular flexibility index (Phi) is 6.67. The first kappa shape index (κ1) is 26.2. The molecule has 0 saturated heterocycles. The van der Waals surface area contributed by atoms with Gasteiger partial charge in [-0.25, -0.2) is 0 Å². The largest absolute Gasteiger partial charge is 0.310 e. The summed E-state index contributed by atoms with van der Waals surface area (Å²) in [6.45, 7) is 13.6. The summed E-state index contributed by atoms with van der Waals surface area (Å²) in [7, 11) is 2.23. The molecule has 4 heteroatoms. The lowest BCUT2D eigenvalue weighted by Crippen LogP contribution is -2.42. The fraction of sp³-hybridized carbons (Fsp3) is 0.273. The Labute approximate surface area is 238 Å². The van der Waals surface area contributed by atoms with E-state index >= 15 is 0 Å². The molecule has 0 bridgehead atoms. The van der Waals surface area contributed by atoms with Crippen LogP contribution in [0.3, 0.4) is 0 Å². The van der Waals surface area contributed by atoms with Crippen molar-refractivity contribution in [3.05, 3.63) is 110 Å². The molecule has 2 nitrogen and oxygen atoms in total. The highest BCUT2D eigenvalue weighted by Gasteiger charge is 2.46. The third-order valence-electron chi connectivity index (χ3n) is 8.27. The SMILES string of the molecule is Cc1cc(Br)ccc1N(c1ccc(-c2ccc3c(c2)C(C)(C)N(C)C3(C)C)cc1)c1ccc(Br)cc1C. The van der Waals surface area contributed by atoms with Gasteiger partial charge in [0.15, 0.2) is 0 Å². The first-order valence-corrected chi connectivity index (χ1v) is 14.3. The molecule has 1 aliphatic rings. The normalized spacial score (nSPS) is 16.0. The summed E-state index contributed by atoms with van der Waals surface area (Å²) in [6, 6.07) is 29.0. The van der Waals surface area contributed by atoms with E-state index in [1.54, 1.807) is 0 Å². The summed E-state index contributed by atoms with van der Waals surface area (Å²) in [5.41, 5.74) is 11.3. The van der Waals surface area contributed by atoms with Crippen LogP contribution in [0.15, 0.2) is 87.8 Å². The summed E-state index contributed by atoms with van der Waals surface area (Å²) in [4.78, 5) is 4.84. The standard InChI is InChI=1S/C33H34Br2N2/c1-21-18-25(34)11-16-30(21)37(31-17-12-26(35)19-22(31)2)27-13-8-23(9-14-27)24-10-15-28-29(20-24)33(5,6)36(7)32(28,3)4/h8-20H,1-7H3. The van der Waals surface area contributed by atoms with Crippen molar-refractivity contribution in [2.45, 2.75) is 52.6 Å². The molecule has 5 rings (SSSR count). The molecule has 0 atom stereocenters. The van der Waals surface area contributed by atoms with E-state index in [9.17, 15) is 0 Å². The topological polar surface area (TPSA) is 6.48 Å². The van der Waals surface area contributed by atoms with Gasteiger partial charge in [-0.1, -0.05) is 56.1 Å². The molecule has 0 radical (unpaired) electrons. The van der Waals surface area contributed by atoms with Crippen molar-refractivity contribution >= 4 is 48.9 Å². The Balaban J connectivity index is 1.58. The summed E-state index contributed by atoms with van der Waals surface area (Å²) < 4.78 is 2.18. The van der Waals surface area contributed by atoms with Crippen LogP contribution in [-0.2, 0) is 11.1 Å². The Morgan fingerprint density at radius 1 is 0.595 bits per heavy atom. The van der Waals surface area contributed by atoms with Gasteiger partial charge in [0.2, 0.25) is 0 Å². The third kappa shape index (κ3) is 4.47. The Morgan fingerprint density at radius 2 is 1.08 bits per heavy atom. The van der Waals surface area contributed by atoms with Crippen molar-refractivity contribution in [3.63, 3.8) is 0 Å². The number of fused-ring (bicyclic) bond motifs is 1. The lowest BCUT2D eigenvalue weighted by molar-refractivity contribution is 0.0730. The van der Waals surface area contributed by atoms with E-state index in [1.165, 1.54) is 44.8 Å². The molecule has 0 fully saturated rings. The van der Waals surface area contributed by atoms with Crippen LogP contribution in [0.1, 0.15) is 49.9 Å². The molecule has 0 spiro atoms. The van der Waals surface area contributed by atoms with Gasteiger partial charge < -0.3 is 4.90 Å². The predicted octanol–water partition coefficient (Wildman–Crippen LogP) is 10.4. The van der Waals surface area contributed by atoms with Crippen molar-refractivity contribution in [1.29, 1.82) is 0 Å². The quantitative estimate of drug-likeness (QED) is 0.225. The molecule has 0 unspecified atom stereocenters. The summed E-state index contributed by atoms with van der Waals surface area (Å²) >= 11 is 7.26. The monoisotopic (exact) mass is 616 g/mol. The van der Waals surface area contributed by atoms with E-state index in [1.807, 2.05) is 0 Å². The van der Waals surface area contributed by atoms with Gasteiger partial charge in [-0.05, 0) is 137 Å². The number of aryl methyl sites for hydroxylation is 2. The number of rotatable bonds is 4. The van der Waals surface area contributed by atoms with Gasteiger partial charge in [0.05, 0.1) is 0 Å². The zero-order valence-electron chi connectivity index (χ0n) is 22.7. The predicted molar refractivity (Wildman–Crippen MR) is 165 cm³/mol. The second-order valence-electron chi connectivity index (χ2n) is 11.2. The third-order valence-corrected chi connectivity index (χ3v) is 9.26. The van der Waals surface area contributed by atoms with Crippen molar-refractivity contribution in [1.82, 2.24) is 4.90 Å². The van der Waals surface area contributed by atoms with Crippen LogP contribution in [0.4, 0.5) is 17.1 Å². The molecule has 0 aromatic heterocycles. The van der Waals surface area contributed by atoms with Crippen molar-refractivity contribution < 1.29 is 0 Å². The zero-order valence-corrected chi connectivity index (χ0v) is 25.8. The number of anilines is 3. The smallest absolute Gasteiger partial charge is 0.0491 e.